The molecular weight excluding hydrogens is 374 g/mol. The van der Waals surface area contributed by atoms with Gasteiger partial charge in [-0.3, -0.25) is 4.79 Å². The molecule has 0 unspecified atom stereocenters. The van der Waals surface area contributed by atoms with Crippen LogP contribution < -0.4 is 14.8 Å². The summed E-state index contributed by atoms with van der Waals surface area (Å²) in [5.74, 6) is 1.05. The molecule has 0 spiro atoms. The largest absolute Gasteiger partial charge is 0.493 e. The molecule has 5 nitrogen and oxygen atoms in total. The minimum absolute atomic E-state index is 0.229. The van der Waals surface area contributed by atoms with Crippen molar-refractivity contribution in [2.24, 2.45) is 0 Å². The zero-order chi connectivity index (χ0) is 17.4. The number of anilines is 1. The van der Waals surface area contributed by atoms with Crippen molar-refractivity contribution in [1.82, 2.24) is 0 Å². The number of carbonyl (C=O) groups excluding carboxylic acids is 1. The number of amides is 1. The molecule has 0 heterocycles. The van der Waals surface area contributed by atoms with Gasteiger partial charge in [-0.1, -0.05) is 15.9 Å². The first kappa shape index (κ1) is 18.3. The van der Waals surface area contributed by atoms with E-state index in [1.54, 1.807) is 43.5 Å². The molecular formula is C18H20BrNO4. The molecule has 24 heavy (non-hydrogen) atoms. The molecule has 0 aromatic heterocycles. The Kier molecular flexibility index (Phi) is 7.08. The van der Waals surface area contributed by atoms with Crippen molar-refractivity contribution in [2.75, 3.05) is 32.2 Å². The third kappa shape index (κ3) is 5.25. The Labute approximate surface area is 150 Å². The van der Waals surface area contributed by atoms with E-state index in [1.165, 1.54) is 0 Å². The number of benzene rings is 2. The minimum Gasteiger partial charge on any atom is -0.493 e. The SMILES string of the molecule is CCOc1ccc(Br)cc1C(=O)Nc1ccc(OCCOC)cc1. The molecule has 0 atom stereocenters. The maximum atomic E-state index is 12.5. The van der Waals surface area contributed by atoms with E-state index >= 15 is 0 Å². The first-order valence-electron chi connectivity index (χ1n) is 7.59. The summed E-state index contributed by atoms with van der Waals surface area (Å²) in [6, 6.07) is 12.5. The third-order valence-electron chi connectivity index (χ3n) is 3.15. The van der Waals surface area contributed by atoms with Gasteiger partial charge in [-0.2, -0.15) is 0 Å². The maximum Gasteiger partial charge on any atom is 0.259 e. The number of ether oxygens (including phenoxy) is 3. The molecule has 1 N–H and O–H groups in total. The number of halogens is 1. The summed E-state index contributed by atoms with van der Waals surface area (Å²) in [4.78, 5) is 12.5. The van der Waals surface area contributed by atoms with E-state index in [0.29, 0.717) is 36.8 Å². The number of hydrogen-bond acceptors (Lipinski definition) is 4. The van der Waals surface area contributed by atoms with Gasteiger partial charge in [0.25, 0.3) is 5.91 Å². The van der Waals surface area contributed by atoms with Crippen LogP contribution in [-0.2, 0) is 4.74 Å². The fourth-order valence-electron chi connectivity index (χ4n) is 2.04. The zero-order valence-electron chi connectivity index (χ0n) is 13.7. The fraction of sp³-hybridized carbons (Fsp3) is 0.278. The van der Waals surface area contributed by atoms with E-state index in [4.69, 9.17) is 14.2 Å². The lowest BCUT2D eigenvalue weighted by atomic mass is 10.2. The lowest BCUT2D eigenvalue weighted by molar-refractivity contribution is 0.102. The summed E-state index contributed by atoms with van der Waals surface area (Å²) >= 11 is 3.38. The van der Waals surface area contributed by atoms with Crippen molar-refractivity contribution >= 4 is 27.5 Å². The van der Waals surface area contributed by atoms with Crippen LogP contribution in [0.4, 0.5) is 5.69 Å². The van der Waals surface area contributed by atoms with E-state index < -0.39 is 0 Å². The van der Waals surface area contributed by atoms with E-state index in [-0.39, 0.29) is 5.91 Å². The number of nitrogens with one attached hydrogen (secondary N) is 1. The van der Waals surface area contributed by atoms with Crippen molar-refractivity contribution in [2.45, 2.75) is 6.92 Å². The molecule has 0 fully saturated rings. The number of rotatable bonds is 8. The van der Waals surface area contributed by atoms with Crippen LogP contribution in [0.15, 0.2) is 46.9 Å². The van der Waals surface area contributed by atoms with Gasteiger partial charge in [-0.05, 0) is 49.4 Å². The van der Waals surface area contributed by atoms with Crippen LogP contribution in [0.25, 0.3) is 0 Å². The van der Waals surface area contributed by atoms with Gasteiger partial charge in [-0.25, -0.2) is 0 Å². The Morgan fingerprint density at radius 2 is 1.83 bits per heavy atom. The molecule has 0 radical (unpaired) electrons. The fourth-order valence-corrected chi connectivity index (χ4v) is 2.40. The van der Waals surface area contributed by atoms with Crippen molar-refractivity contribution < 1.29 is 19.0 Å². The number of carbonyl (C=O) groups is 1. The Bertz CT molecular complexity index is 673. The molecule has 1 amide bonds. The van der Waals surface area contributed by atoms with Gasteiger partial charge in [0.1, 0.15) is 18.1 Å². The van der Waals surface area contributed by atoms with Crippen molar-refractivity contribution in [1.29, 1.82) is 0 Å². The predicted octanol–water partition coefficient (Wildman–Crippen LogP) is 4.13. The summed E-state index contributed by atoms with van der Waals surface area (Å²) in [7, 11) is 1.63. The minimum atomic E-state index is -0.229. The Morgan fingerprint density at radius 1 is 1.08 bits per heavy atom. The summed E-state index contributed by atoms with van der Waals surface area (Å²) in [6.07, 6.45) is 0. The van der Waals surface area contributed by atoms with Crippen LogP contribution in [0.1, 0.15) is 17.3 Å². The molecule has 0 saturated carbocycles. The Hall–Kier alpha value is -2.05. The highest BCUT2D eigenvalue weighted by molar-refractivity contribution is 9.10. The first-order valence-corrected chi connectivity index (χ1v) is 8.39. The smallest absolute Gasteiger partial charge is 0.259 e. The standard InChI is InChI=1S/C18H20BrNO4/c1-3-23-17-9-4-13(19)12-16(17)18(21)20-14-5-7-15(8-6-14)24-11-10-22-2/h4-9,12H,3,10-11H2,1-2H3,(H,20,21). The predicted molar refractivity (Wildman–Crippen MR) is 97.1 cm³/mol. The average Bonchev–Trinajstić information content (AvgIpc) is 2.58. The highest BCUT2D eigenvalue weighted by atomic mass is 79.9. The van der Waals surface area contributed by atoms with Gasteiger partial charge >= 0.3 is 0 Å². The van der Waals surface area contributed by atoms with Crippen LogP contribution in [0.3, 0.4) is 0 Å². The monoisotopic (exact) mass is 393 g/mol. The van der Waals surface area contributed by atoms with Crippen LogP contribution in [-0.4, -0.2) is 32.8 Å². The second-order valence-corrected chi connectivity index (χ2v) is 5.81. The quantitative estimate of drug-likeness (QED) is 0.685. The lowest BCUT2D eigenvalue weighted by Crippen LogP contribution is -2.13. The molecule has 0 saturated heterocycles. The van der Waals surface area contributed by atoms with Crippen LogP contribution in [0, 0.1) is 0 Å². The summed E-state index contributed by atoms with van der Waals surface area (Å²) in [5.41, 5.74) is 1.16. The lowest BCUT2D eigenvalue weighted by Gasteiger charge is -2.12. The summed E-state index contributed by atoms with van der Waals surface area (Å²) in [5, 5.41) is 2.86. The van der Waals surface area contributed by atoms with Crippen molar-refractivity contribution in [3.8, 4) is 11.5 Å². The highest BCUT2D eigenvalue weighted by Gasteiger charge is 2.13. The maximum absolute atomic E-state index is 12.5. The van der Waals surface area contributed by atoms with Crippen molar-refractivity contribution in [3.05, 3.63) is 52.5 Å². The molecule has 2 aromatic rings. The normalized spacial score (nSPS) is 10.3. The average molecular weight is 394 g/mol. The molecule has 6 heteroatoms. The highest BCUT2D eigenvalue weighted by Crippen LogP contribution is 2.25. The van der Waals surface area contributed by atoms with Gasteiger partial charge < -0.3 is 19.5 Å². The Morgan fingerprint density at radius 3 is 2.50 bits per heavy atom. The second-order valence-electron chi connectivity index (χ2n) is 4.89. The van der Waals surface area contributed by atoms with Crippen LogP contribution in [0.5, 0.6) is 11.5 Å². The second kappa shape index (κ2) is 9.30. The van der Waals surface area contributed by atoms with Crippen LogP contribution >= 0.6 is 15.9 Å². The van der Waals surface area contributed by atoms with E-state index in [2.05, 4.69) is 21.2 Å². The molecule has 0 aliphatic carbocycles. The van der Waals surface area contributed by atoms with Gasteiger partial charge in [0.15, 0.2) is 0 Å². The van der Waals surface area contributed by atoms with Gasteiger partial charge in [0.2, 0.25) is 0 Å². The third-order valence-corrected chi connectivity index (χ3v) is 3.65. The topological polar surface area (TPSA) is 56.8 Å². The Balaban J connectivity index is 2.05. The van der Waals surface area contributed by atoms with Gasteiger partial charge in [0.05, 0.1) is 18.8 Å². The molecule has 128 valence electrons. The molecule has 2 rings (SSSR count). The molecule has 0 aliphatic heterocycles. The number of methoxy groups -OCH3 is 1. The van der Waals surface area contributed by atoms with E-state index in [9.17, 15) is 4.79 Å². The molecule has 0 bridgehead atoms. The summed E-state index contributed by atoms with van der Waals surface area (Å²) < 4.78 is 16.8. The van der Waals surface area contributed by atoms with Gasteiger partial charge in [-0.15, -0.1) is 0 Å². The zero-order valence-corrected chi connectivity index (χ0v) is 15.3. The van der Waals surface area contributed by atoms with Gasteiger partial charge in [0, 0.05) is 17.3 Å². The van der Waals surface area contributed by atoms with E-state index in [0.717, 1.165) is 10.2 Å². The van der Waals surface area contributed by atoms with Crippen LogP contribution in [0.2, 0.25) is 0 Å². The molecule has 2 aromatic carbocycles. The number of hydrogen-bond donors (Lipinski definition) is 1. The van der Waals surface area contributed by atoms with E-state index in [1.807, 2.05) is 13.0 Å². The first-order chi connectivity index (χ1) is 11.6. The summed E-state index contributed by atoms with van der Waals surface area (Å²) in [6.45, 7) is 3.39. The molecule has 0 aliphatic rings. The van der Waals surface area contributed by atoms with Crippen molar-refractivity contribution in [3.63, 3.8) is 0 Å².